The van der Waals surface area contributed by atoms with Crippen LogP contribution < -0.4 is 5.56 Å². The molecule has 0 aliphatic carbocycles. The van der Waals surface area contributed by atoms with Crippen LogP contribution in [0.15, 0.2) is 57.5 Å². The van der Waals surface area contributed by atoms with Crippen LogP contribution in [0.25, 0.3) is 16.6 Å². The van der Waals surface area contributed by atoms with Crippen LogP contribution in [-0.2, 0) is 0 Å². The summed E-state index contributed by atoms with van der Waals surface area (Å²) in [5.74, 6) is 0. The molecule has 0 saturated heterocycles. The molecule has 134 valence electrons. The molecule has 0 bridgehead atoms. The molecule has 0 saturated carbocycles. The number of aromatic amines is 1. The van der Waals surface area contributed by atoms with Crippen molar-refractivity contribution in [1.29, 1.82) is 0 Å². The second kappa shape index (κ2) is 6.29. The molecule has 0 amide bonds. The quantitative estimate of drug-likeness (QED) is 0.319. The zero-order valence-electron chi connectivity index (χ0n) is 13.9. The first kappa shape index (κ1) is 16.9. The summed E-state index contributed by atoms with van der Waals surface area (Å²) in [5.41, 5.74) is 1.20. The van der Waals surface area contributed by atoms with Crippen LogP contribution >= 0.6 is 11.6 Å². The number of rotatable bonds is 3. The molecule has 4 rings (SSSR count). The SMILES string of the molecule is Cc1[nH]n2c(=O)c3ccccc3nc2c1N=Nc1ccc(Cl)cc1[N+](=O)[O-]. The van der Waals surface area contributed by atoms with Gasteiger partial charge in [0.2, 0.25) is 0 Å². The number of hydrogen-bond acceptors (Lipinski definition) is 6. The summed E-state index contributed by atoms with van der Waals surface area (Å²) in [5, 5.41) is 22.9. The molecule has 0 aliphatic rings. The maximum Gasteiger partial charge on any atom is 0.298 e. The predicted octanol–water partition coefficient (Wildman–Crippen LogP) is 4.46. The lowest BCUT2D eigenvalue weighted by molar-refractivity contribution is -0.384. The summed E-state index contributed by atoms with van der Waals surface area (Å²) in [6.45, 7) is 1.71. The van der Waals surface area contributed by atoms with Gasteiger partial charge in [-0.1, -0.05) is 23.7 Å². The van der Waals surface area contributed by atoms with E-state index in [0.717, 1.165) is 0 Å². The largest absolute Gasteiger partial charge is 0.298 e. The number of fused-ring (bicyclic) bond motifs is 2. The molecule has 9 nitrogen and oxygen atoms in total. The van der Waals surface area contributed by atoms with Crippen LogP contribution in [0.5, 0.6) is 0 Å². The monoisotopic (exact) mass is 382 g/mol. The first-order valence-electron chi connectivity index (χ1n) is 7.81. The van der Waals surface area contributed by atoms with E-state index in [0.29, 0.717) is 22.3 Å². The Labute approximate surface area is 156 Å². The van der Waals surface area contributed by atoms with Gasteiger partial charge in [0.05, 0.1) is 21.5 Å². The van der Waals surface area contributed by atoms with E-state index in [1.165, 1.54) is 22.7 Å². The van der Waals surface area contributed by atoms with Gasteiger partial charge in [0, 0.05) is 11.1 Å². The maximum atomic E-state index is 12.6. The second-order valence-corrected chi connectivity index (χ2v) is 6.21. The number of aromatic nitrogens is 3. The number of aryl methyl sites for hydroxylation is 1. The number of nitro benzene ring substituents is 1. The molecular formula is C17H11ClN6O3. The van der Waals surface area contributed by atoms with Crippen molar-refractivity contribution < 1.29 is 4.92 Å². The van der Waals surface area contributed by atoms with Crippen molar-refractivity contribution in [2.24, 2.45) is 10.2 Å². The van der Waals surface area contributed by atoms with E-state index in [9.17, 15) is 14.9 Å². The topological polar surface area (TPSA) is 118 Å². The Balaban J connectivity index is 1.90. The molecule has 0 aliphatic heterocycles. The van der Waals surface area contributed by atoms with E-state index in [-0.39, 0.29) is 27.6 Å². The van der Waals surface area contributed by atoms with Crippen molar-refractivity contribution in [3.05, 3.63) is 73.6 Å². The minimum atomic E-state index is -0.585. The number of H-pyrrole nitrogens is 1. The van der Waals surface area contributed by atoms with Gasteiger partial charge in [-0.2, -0.15) is 4.52 Å². The summed E-state index contributed by atoms with van der Waals surface area (Å²) in [4.78, 5) is 27.7. The zero-order chi connectivity index (χ0) is 19.1. The Kier molecular flexibility index (Phi) is 3.93. The van der Waals surface area contributed by atoms with E-state index >= 15 is 0 Å². The van der Waals surface area contributed by atoms with Crippen molar-refractivity contribution >= 4 is 45.2 Å². The van der Waals surface area contributed by atoms with Crippen LogP contribution in [0.3, 0.4) is 0 Å². The first-order chi connectivity index (χ1) is 13.0. The summed E-state index contributed by atoms with van der Waals surface area (Å²) in [6, 6.07) is 11.0. The number of benzene rings is 2. The van der Waals surface area contributed by atoms with Crippen LogP contribution in [0, 0.1) is 17.0 Å². The zero-order valence-corrected chi connectivity index (χ0v) is 14.6. The van der Waals surface area contributed by atoms with Crippen LogP contribution in [-0.4, -0.2) is 19.5 Å². The number of hydrogen-bond donors (Lipinski definition) is 1. The summed E-state index contributed by atoms with van der Waals surface area (Å²) < 4.78 is 1.28. The minimum absolute atomic E-state index is 0.0475. The third-order valence-corrected chi connectivity index (χ3v) is 4.25. The molecule has 2 heterocycles. The Morgan fingerprint density at radius 1 is 1.22 bits per heavy atom. The predicted molar refractivity (Wildman–Crippen MR) is 100 cm³/mol. The average Bonchev–Trinajstić information content (AvgIpc) is 2.96. The van der Waals surface area contributed by atoms with Gasteiger partial charge < -0.3 is 0 Å². The van der Waals surface area contributed by atoms with E-state index < -0.39 is 4.92 Å². The molecule has 10 heteroatoms. The fourth-order valence-electron chi connectivity index (χ4n) is 2.73. The molecular weight excluding hydrogens is 372 g/mol. The van der Waals surface area contributed by atoms with E-state index in [1.54, 1.807) is 31.2 Å². The Morgan fingerprint density at radius 2 is 2.00 bits per heavy atom. The van der Waals surface area contributed by atoms with Gasteiger partial charge in [0.1, 0.15) is 0 Å². The lowest BCUT2D eigenvalue weighted by Gasteiger charge is -1.99. The molecule has 0 radical (unpaired) electrons. The number of azo groups is 1. The number of nitro groups is 1. The van der Waals surface area contributed by atoms with E-state index in [4.69, 9.17) is 11.6 Å². The third-order valence-electron chi connectivity index (χ3n) is 4.01. The van der Waals surface area contributed by atoms with Gasteiger partial charge in [-0.25, -0.2) is 4.98 Å². The molecule has 27 heavy (non-hydrogen) atoms. The van der Waals surface area contributed by atoms with Crippen molar-refractivity contribution in [2.45, 2.75) is 6.92 Å². The lowest BCUT2D eigenvalue weighted by Crippen LogP contribution is -2.15. The highest BCUT2D eigenvalue weighted by Crippen LogP contribution is 2.33. The van der Waals surface area contributed by atoms with Gasteiger partial charge >= 0.3 is 0 Å². The standard InChI is InChI=1S/C17H11ClN6O3/c1-9-15(21-20-13-7-6-10(18)8-14(13)24(26)27)16-19-12-5-3-2-4-11(12)17(25)23(16)22-9/h2-8,22H,1H3. The van der Waals surface area contributed by atoms with Gasteiger partial charge in [0.15, 0.2) is 17.0 Å². The summed E-state index contributed by atoms with van der Waals surface area (Å²) >= 11 is 5.81. The summed E-state index contributed by atoms with van der Waals surface area (Å²) in [6.07, 6.45) is 0. The smallest absolute Gasteiger partial charge is 0.292 e. The Bertz CT molecular complexity index is 1310. The highest BCUT2D eigenvalue weighted by molar-refractivity contribution is 6.30. The van der Waals surface area contributed by atoms with Gasteiger partial charge in [0.25, 0.3) is 11.2 Å². The molecule has 4 aromatic rings. The molecule has 0 atom stereocenters. The Hall–Kier alpha value is -3.59. The fourth-order valence-corrected chi connectivity index (χ4v) is 2.90. The Morgan fingerprint density at radius 3 is 2.78 bits per heavy atom. The summed E-state index contributed by atoms with van der Waals surface area (Å²) in [7, 11) is 0. The number of nitrogens with one attached hydrogen (secondary N) is 1. The van der Waals surface area contributed by atoms with Gasteiger partial charge in [-0.15, -0.1) is 10.2 Å². The van der Waals surface area contributed by atoms with E-state index in [2.05, 4.69) is 20.3 Å². The molecule has 0 unspecified atom stereocenters. The molecule has 0 spiro atoms. The van der Waals surface area contributed by atoms with Gasteiger partial charge in [-0.3, -0.25) is 20.0 Å². The van der Waals surface area contributed by atoms with Crippen LogP contribution in [0.2, 0.25) is 5.02 Å². The van der Waals surface area contributed by atoms with Gasteiger partial charge in [-0.05, 0) is 31.2 Å². The highest BCUT2D eigenvalue weighted by atomic mass is 35.5. The molecule has 2 aromatic heterocycles. The number of para-hydroxylation sites is 1. The molecule has 0 fully saturated rings. The molecule has 1 N–H and O–H groups in total. The van der Waals surface area contributed by atoms with Crippen LogP contribution in [0.1, 0.15) is 5.69 Å². The fraction of sp³-hybridized carbons (Fsp3) is 0.0588. The van der Waals surface area contributed by atoms with Crippen molar-refractivity contribution in [1.82, 2.24) is 14.6 Å². The van der Waals surface area contributed by atoms with Crippen molar-refractivity contribution in [3.8, 4) is 0 Å². The normalized spacial score (nSPS) is 11.6. The van der Waals surface area contributed by atoms with E-state index in [1.807, 2.05) is 0 Å². The lowest BCUT2D eigenvalue weighted by atomic mass is 10.2. The van der Waals surface area contributed by atoms with Crippen LogP contribution in [0.4, 0.5) is 17.1 Å². The third kappa shape index (κ3) is 2.83. The first-order valence-corrected chi connectivity index (χ1v) is 8.19. The van der Waals surface area contributed by atoms with Crippen molar-refractivity contribution in [2.75, 3.05) is 0 Å². The highest BCUT2D eigenvalue weighted by Gasteiger charge is 2.16. The number of nitrogens with zero attached hydrogens (tertiary/aromatic N) is 5. The minimum Gasteiger partial charge on any atom is -0.292 e. The average molecular weight is 383 g/mol. The molecule has 2 aromatic carbocycles. The maximum absolute atomic E-state index is 12.6. The van der Waals surface area contributed by atoms with Crippen molar-refractivity contribution in [3.63, 3.8) is 0 Å². The second-order valence-electron chi connectivity index (χ2n) is 5.77. The number of halogens is 1.